The molecule has 108 valence electrons. The minimum Gasteiger partial charge on any atom is -0.341 e. The van der Waals surface area contributed by atoms with Crippen molar-refractivity contribution in [2.24, 2.45) is 5.92 Å². The summed E-state index contributed by atoms with van der Waals surface area (Å²) in [7, 11) is 2.00. The molecule has 2 fully saturated rings. The summed E-state index contributed by atoms with van der Waals surface area (Å²) in [5, 5.41) is 0. The van der Waals surface area contributed by atoms with E-state index in [0.717, 1.165) is 38.9 Å². The minimum absolute atomic E-state index is 0.337. The summed E-state index contributed by atoms with van der Waals surface area (Å²) in [6, 6.07) is 11.0. The van der Waals surface area contributed by atoms with Crippen LogP contribution in [0.2, 0.25) is 0 Å². The van der Waals surface area contributed by atoms with Gasteiger partial charge in [-0.2, -0.15) is 0 Å². The molecule has 1 heterocycles. The summed E-state index contributed by atoms with van der Waals surface area (Å²) in [4.78, 5) is 16.7. The molecule has 1 unspecified atom stereocenters. The van der Waals surface area contributed by atoms with E-state index in [1.165, 1.54) is 12.0 Å². The topological polar surface area (TPSA) is 23.6 Å². The third-order valence-corrected chi connectivity index (χ3v) is 4.55. The molecule has 1 aliphatic carbocycles. The molecule has 1 aromatic carbocycles. The predicted molar refractivity (Wildman–Crippen MR) is 80.2 cm³/mol. The second-order valence-corrected chi connectivity index (χ2v) is 6.24. The van der Waals surface area contributed by atoms with Crippen molar-refractivity contribution in [3.05, 3.63) is 35.9 Å². The van der Waals surface area contributed by atoms with E-state index >= 15 is 0 Å². The van der Waals surface area contributed by atoms with Crippen LogP contribution in [0.5, 0.6) is 0 Å². The molecule has 1 atom stereocenters. The highest BCUT2D eigenvalue weighted by atomic mass is 16.2. The van der Waals surface area contributed by atoms with Crippen LogP contribution in [0, 0.1) is 5.92 Å². The van der Waals surface area contributed by atoms with Gasteiger partial charge in [-0.15, -0.1) is 0 Å². The van der Waals surface area contributed by atoms with Gasteiger partial charge in [-0.25, -0.2) is 0 Å². The van der Waals surface area contributed by atoms with Gasteiger partial charge in [-0.05, 0) is 37.8 Å². The van der Waals surface area contributed by atoms with Crippen LogP contribution < -0.4 is 0 Å². The van der Waals surface area contributed by atoms with Crippen LogP contribution in [-0.4, -0.2) is 41.9 Å². The van der Waals surface area contributed by atoms with Crippen LogP contribution in [0.15, 0.2) is 30.3 Å². The normalized spacial score (nSPS) is 23.6. The average Bonchev–Trinajstić information content (AvgIpc) is 3.32. The highest BCUT2D eigenvalue weighted by Crippen LogP contribution is 2.32. The van der Waals surface area contributed by atoms with Crippen molar-refractivity contribution < 1.29 is 4.79 Å². The maximum Gasteiger partial charge on any atom is 0.225 e. The highest BCUT2D eigenvalue weighted by molar-refractivity contribution is 5.81. The quantitative estimate of drug-likeness (QED) is 0.841. The fourth-order valence-corrected chi connectivity index (χ4v) is 3.13. The highest BCUT2D eigenvalue weighted by Gasteiger charge is 2.35. The summed E-state index contributed by atoms with van der Waals surface area (Å²) < 4.78 is 0. The summed E-state index contributed by atoms with van der Waals surface area (Å²) in [5.41, 5.74) is 1.37. The molecule has 0 radical (unpaired) electrons. The fraction of sp³-hybridized carbons (Fsp3) is 0.588. The third kappa shape index (κ3) is 3.21. The molecular formula is C17H24N2O. The summed E-state index contributed by atoms with van der Waals surface area (Å²) in [6.45, 7) is 3.17. The predicted octanol–water partition coefficient (Wildman–Crippen LogP) is 2.52. The third-order valence-electron chi connectivity index (χ3n) is 4.55. The van der Waals surface area contributed by atoms with Crippen molar-refractivity contribution in [3.63, 3.8) is 0 Å². The van der Waals surface area contributed by atoms with Crippen molar-refractivity contribution in [1.82, 2.24) is 9.80 Å². The lowest BCUT2D eigenvalue weighted by molar-refractivity contribution is -0.134. The Bertz CT molecular complexity index is 455. The first-order valence-electron chi connectivity index (χ1n) is 7.77. The molecule has 1 aromatic rings. The van der Waals surface area contributed by atoms with E-state index in [-0.39, 0.29) is 0 Å². The largest absolute Gasteiger partial charge is 0.341 e. The first-order chi connectivity index (χ1) is 9.74. The number of rotatable bonds is 4. The van der Waals surface area contributed by atoms with Crippen molar-refractivity contribution in [2.75, 3.05) is 20.1 Å². The fourth-order valence-electron chi connectivity index (χ4n) is 3.13. The number of carbonyl (C=O) groups is 1. The van der Waals surface area contributed by atoms with Crippen molar-refractivity contribution >= 4 is 5.91 Å². The molecule has 1 saturated carbocycles. The number of piperidine rings is 1. The minimum atomic E-state index is 0.337. The maximum absolute atomic E-state index is 12.2. The van der Waals surface area contributed by atoms with Crippen molar-refractivity contribution in [2.45, 2.75) is 38.3 Å². The monoisotopic (exact) mass is 272 g/mol. The molecule has 3 heteroatoms. The Balaban J connectivity index is 1.57. The Hall–Kier alpha value is -1.35. The van der Waals surface area contributed by atoms with Gasteiger partial charge in [0.2, 0.25) is 5.91 Å². The van der Waals surface area contributed by atoms with Crippen LogP contribution in [0.3, 0.4) is 0 Å². The molecule has 1 saturated heterocycles. The summed E-state index contributed by atoms with van der Waals surface area (Å²) in [5.74, 6) is 0.709. The Labute approximate surface area is 121 Å². The van der Waals surface area contributed by atoms with Gasteiger partial charge in [-0.1, -0.05) is 30.3 Å². The van der Waals surface area contributed by atoms with Crippen LogP contribution in [0.25, 0.3) is 0 Å². The van der Waals surface area contributed by atoms with Crippen molar-refractivity contribution in [3.8, 4) is 0 Å². The molecule has 0 spiro atoms. The van der Waals surface area contributed by atoms with Crippen LogP contribution >= 0.6 is 0 Å². The van der Waals surface area contributed by atoms with Gasteiger partial charge in [0.25, 0.3) is 0 Å². The van der Waals surface area contributed by atoms with Gasteiger partial charge in [0.15, 0.2) is 0 Å². The van der Waals surface area contributed by atoms with Gasteiger partial charge in [-0.3, -0.25) is 9.69 Å². The maximum atomic E-state index is 12.2. The average molecular weight is 272 g/mol. The Kier molecular flexibility index (Phi) is 4.06. The lowest BCUT2D eigenvalue weighted by Gasteiger charge is -2.37. The zero-order valence-corrected chi connectivity index (χ0v) is 12.3. The van der Waals surface area contributed by atoms with Crippen LogP contribution in [0.1, 0.15) is 31.2 Å². The van der Waals surface area contributed by atoms with Gasteiger partial charge in [0.1, 0.15) is 0 Å². The number of benzene rings is 1. The number of likely N-dealkylation sites (tertiary alicyclic amines) is 1. The van der Waals surface area contributed by atoms with E-state index in [2.05, 4.69) is 35.2 Å². The molecule has 0 N–H and O–H groups in total. The molecule has 20 heavy (non-hydrogen) atoms. The van der Waals surface area contributed by atoms with Gasteiger partial charge in [0.05, 0.1) is 0 Å². The molecule has 0 aromatic heterocycles. The number of hydrogen-bond donors (Lipinski definition) is 0. The van der Waals surface area contributed by atoms with E-state index in [4.69, 9.17) is 0 Å². The Morgan fingerprint density at radius 1 is 1.25 bits per heavy atom. The summed E-state index contributed by atoms with van der Waals surface area (Å²) in [6.07, 6.45) is 4.55. The van der Waals surface area contributed by atoms with Gasteiger partial charge < -0.3 is 4.90 Å². The van der Waals surface area contributed by atoms with E-state index in [0.29, 0.717) is 17.9 Å². The molecule has 3 nitrogen and oxygen atoms in total. The SMILES string of the molecule is CN(C(=O)C1CC1)C1CCCN(Cc2ccccc2)C1. The second-order valence-electron chi connectivity index (χ2n) is 6.24. The first kappa shape index (κ1) is 13.6. The zero-order valence-electron chi connectivity index (χ0n) is 12.3. The van der Waals surface area contributed by atoms with E-state index in [1.54, 1.807) is 0 Å². The van der Waals surface area contributed by atoms with Crippen molar-refractivity contribution in [1.29, 1.82) is 0 Å². The lowest BCUT2D eigenvalue weighted by atomic mass is 10.0. The smallest absolute Gasteiger partial charge is 0.225 e. The number of nitrogens with zero attached hydrogens (tertiary/aromatic N) is 2. The molecular weight excluding hydrogens is 248 g/mol. The molecule has 1 aliphatic heterocycles. The van der Waals surface area contributed by atoms with Crippen LogP contribution in [0.4, 0.5) is 0 Å². The summed E-state index contributed by atoms with van der Waals surface area (Å²) >= 11 is 0. The molecule has 1 amide bonds. The van der Waals surface area contributed by atoms with Crippen LogP contribution in [-0.2, 0) is 11.3 Å². The van der Waals surface area contributed by atoms with E-state index in [9.17, 15) is 4.79 Å². The first-order valence-corrected chi connectivity index (χ1v) is 7.77. The van der Waals surface area contributed by atoms with E-state index in [1.807, 2.05) is 11.9 Å². The molecule has 0 bridgehead atoms. The molecule has 3 rings (SSSR count). The van der Waals surface area contributed by atoms with E-state index < -0.39 is 0 Å². The Morgan fingerprint density at radius 2 is 2.00 bits per heavy atom. The standard InChI is InChI=1S/C17H24N2O/c1-18(17(20)15-9-10-15)16-8-5-11-19(13-16)12-14-6-3-2-4-7-14/h2-4,6-7,15-16H,5,8-13H2,1H3. The number of hydrogen-bond acceptors (Lipinski definition) is 2. The number of likely N-dealkylation sites (N-methyl/N-ethyl adjacent to an activating group) is 1. The van der Waals surface area contributed by atoms with Gasteiger partial charge >= 0.3 is 0 Å². The second kappa shape index (κ2) is 5.96. The number of amides is 1. The lowest BCUT2D eigenvalue weighted by Crippen LogP contribution is -2.48. The Morgan fingerprint density at radius 3 is 2.70 bits per heavy atom. The molecule has 2 aliphatic rings. The zero-order chi connectivity index (χ0) is 13.9. The number of carbonyl (C=O) groups excluding carboxylic acids is 1. The van der Waals surface area contributed by atoms with Gasteiger partial charge in [0, 0.05) is 32.1 Å².